The summed E-state index contributed by atoms with van der Waals surface area (Å²) < 4.78 is 82.5. The standard InChI is InChI=1S/C94H134N22O24S3/c1-23-115-65(39-50(3)110-115)83(127)108-87-106-60-41-55(77(96)121)43-67(133-22)73(60)113(87)34-25-26-35-114-74-61(107-88(114)109-84(128)66-40-51(4)111-116(66)24-2)42-56(78(97)122)44-68(74)134-36-28-32-99-69(117)30-33-101-89(130)135-37-38-141-142-49-64(85(129)140-93(17,18)19)105-82(126)63(47-72(120)138-92(14,15)16)104-81(125)62(46-71(119)137-91(11,12)13)103-80(124)59(102-79(123)58(95)45-70(118)136-90(8,9)10)29-27-31-100-86(98)112-143(131,132)76-53(6)52(5)75-57(54(76)7)48-94(20,21)139-75/h25-26,39-44,58-59,62-64H,23-24,27-38,45-49,95H2,1-22H3,(H2,96,121)(H2,97,122)(H,99,117)(H,101,130)(H,102,123)(H,103,124)(H,104,125)(H,105,126)(H3,98,100,112)(H,106,108,127)(H,107,109,128)/b26-25+/t58-,59-,62-,63-,64-/m0/s1. The van der Waals surface area contributed by atoms with Gasteiger partial charge in [0.15, 0.2) is 0 Å². The third-order valence-corrected chi connectivity index (χ3v) is 25.1. The second-order valence-electron chi connectivity index (χ2n) is 38.4. The number of nitrogens with two attached hydrogens (primary N) is 3. The third kappa shape index (κ3) is 33.8. The smallest absolute Gasteiger partial charge is 0.407 e. The van der Waals surface area contributed by atoms with Crippen LogP contribution in [-0.2, 0) is 109 Å². The Hall–Kier alpha value is -13.6. The van der Waals surface area contributed by atoms with Gasteiger partial charge < -0.3 is 101 Å². The number of hydrogen-bond acceptors (Lipinski definition) is 32. The summed E-state index contributed by atoms with van der Waals surface area (Å²) in [6.45, 7) is 34.9. The van der Waals surface area contributed by atoms with Crippen molar-refractivity contribution in [1.82, 2.24) is 80.6 Å². The maximum Gasteiger partial charge on any atom is 0.407 e. The van der Waals surface area contributed by atoms with Crippen LogP contribution in [0.15, 0.2) is 53.4 Å². The fourth-order valence-electron chi connectivity index (χ4n) is 14.9. The summed E-state index contributed by atoms with van der Waals surface area (Å²) in [5, 5.41) is 41.1. The minimum atomic E-state index is -4.40. The lowest BCUT2D eigenvalue weighted by Gasteiger charge is -2.28. The number of primary amides is 2. The van der Waals surface area contributed by atoms with Crippen LogP contribution in [0.25, 0.3) is 22.1 Å². The molecule has 0 aliphatic carbocycles. The van der Waals surface area contributed by atoms with Gasteiger partial charge >= 0.3 is 30.0 Å². The van der Waals surface area contributed by atoms with E-state index in [2.05, 4.69) is 62.8 Å². The molecule has 0 radical (unpaired) electrons. The number of nitrogens with zero attached hydrogens (tertiary/aromatic N) is 8. The number of rotatable bonds is 48. The Bertz CT molecular complexity index is 6090. The van der Waals surface area contributed by atoms with Crippen molar-refractivity contribution in [2.45, 2.75) is 286 Å². The SMILES string of the molecule is CCn1nc(C)cc1C(=O)Nc1nc2cc(C(N)=O)cc(OC)c2n1C/C=C/Cn1c(NC(=O)c2cc(C)nn2CC)nc2cc(C(N)=O)cc(OCCCNC(=O)CCNC(=O)OCCSSC[C@H](NC(=O)[C@H](CC(=O)OC(C)(C)C)NC(=O)[C@H](CC(=O)OC(C)(C)C)NC(=O)[C@H](CCCNC(=N)NS(=O)(=O)c3c(C)c(C)c4c(c3C)CC(C)(C)O4)NC(=O)[C@@H](N)CC(=O)OC(C)(C)C)C(=O)OC(C)(C)C)c21. The number of carbonyl (C=O) groups excluding carboxylic acids is 14. The highest BCUT2D eigenvalue weighted by Gasteiger charge is 2.41. The average molecular weight is 2050 g/mol. The van der Waals surface area contributed by atoms with Gasteiger partial charge in [-0.05, 0) is 218 Å². The van der Waals surface area contributed by atoms with Crippen molar-refractivity contribution in [3.05, 3.63) is 105 Å². The Morgan fingerprint density at radius 1 is 0.566 bits per heavy atom. The van der Waals surface area contributed by atoms with Crippen LogP contribution >= 0.6 is 21.6 Å². The topological polar surface area (TPSA) is 640 Å². The number of nitrogens with one attached hydrogen (secondary N) is 11. The number of aromatic nitrogens is 8. The number of hydrogen-bond donors (Lipinski definition) is 14. The summed E-state index contributed by atoms with van der Waals surface area (Å²) in [6, 6.07) is 0.319. The summed E-state index contributed by atoms with van der Waals surface area (Å²) in [7, 11) is -0.864. The number of guanidine groups is 1. The lowest BCUT2D eigenvalue weighted by molar-refractivity contribution is -0.159. The minimum Gasteiger partial charge on any atom is -0.494 e. The van der Waals surface area contributed by atoms with Crippen LogP contribution in [0.2, 0.25) is 0 Å². The van der Waals surface area contributed by atoms with Gasteiger partial charge in [0.25, 0.3) is 21.8 Å². The van der Waals surface area contributed by atoms with E-state index < -0.39 is 177 Å². The van der Waals surface area contributed by atoms with Crippen molar-refractivity contribution in [3.63, 3.8) is 0 Å². The molecule has 7 aromatic rings. The molecular formula is C94H134N22O24S3. The number of esters is 4. The summed E-state index contributed by atoms with van der Waals surface area (Å²) >= 11 is 0. The fraction of sp³-hybridized carbons (Fsp3) is 0.543. The van der Waals surface area contributed by atoms with Crippen molar-refractivity contribution in [3.8, 4) is 17.2 Å². The molecule has 49 heteroatoms. The van der Waals surface area contributed by atoms with Gasteiger partial charge in [0.1, 0.15) is 98.4 Å². The number of ether oxygens (including phenoxy) is 8. The largest absolute Gasteiger partial charge is 0.494 e. The van der Waals surface area contributed by atoms with Crippen molar-refractivity contribution in [1.29, 1.82) is 5.41 Å². The van der Waals surface area contributed by atoms with E-state index >= 15 is 0 Å². The predicted octanol–water partition coefficient (Wildman–Crippen LogP) is 6.51. The molecule has 3 aromatic carbocycles. The van der Waals surface area contributed by atoms with Gasteiger partial charge in [-0.1, -0.05) is 33.7 Å². The number of methoxy groups -OCH3 is 1. The molecule has 17 N–H and O–H groups in total. The molecule has 0 saturated heterocycles. The Kier molecular flexibility index (Phi) is 39.6. The highest BCUT2D eigenvalue weighted by Crippen LogP contribution is 2.44. The normalized spacial score (nSPS) is 13.6. The van der Waals surface area contributed by atoms with Crippen LogP contribution < -0.4 is 84.0 Å². The van der Waals surface area contributed by atoms with Gasteiger partial charge in [0.2, 0.25) is 59.2 Å². The Morgan fingerprint density at radius 2 is 1.03 bits per heavy atom. The van der Waals surface area contributed by atoms with Gasteiger partial charge in [0.05, 0.1) is 66.3 Å². The zero-order valence-corrected chi connectivity index (χ0v) is 87.2. The molecule has 0 bridgehead atoms. The maximum atomic E-state index is 14.9. The van der Waals surface area contributed by atoms with Crippen molar-refractivity contribution in [2.24, 2.45) is 17.2 Å². The number of anilines is 2. The molecule has 1 aliphatic rings. The molecule has 143 heavy (non-hydrogen) atoms. The highest BCUT2D eigenvalue weighted by molar-refractivity contribution is 8.76. The van der Waals surface area contributed by atoms with Crippen LogP contribution in [0.5, 0.6) is 17.2 Å². The summed E-state index contributed by atoms with van der Waals surface area (Å²) in [5.41, 5.74) is 17.9. The summed E-state index contributed by atoms with van der Waals surface area (Å²) in [6.07, 6.45) is 0.0881. The zero-order chi connectivity index (χ0) is 106. The molecule has 0 unspecified atom stereocenters. The van der Waals surface area contributed by atoms with E-state index in [1.807, 2.05) is 27.7 Å². The van der Waals surface area contributed by atoms with E-state index in [9.17, 15) is 75.5 Å². The van der Waals surface area contributed by atoms with Gasteiger partial charge in [-0.15, -0.1) is 0 Å². The number of amides is 10. The highest BCUT2D eigenvalue weighted by atomic mass is 33.1. The number of carbonyl (C=O) groups is 14. The lowest BCUT2D eigenvalue weighted by Crippen LogP contribution is -2.59. The number of aryl methyl sites for hydroxylation is 4. The summed E-state index contributed by atoms with van der Waals surface area (Å²) in [5.74, 6) is -11.3. The quantitative estimate of drug-likeness (QED) is 0.00367. The molecule has 10 amide bonds. The van der Waals surface area contributed by atoms with E-state index in [1.165, 1.54) is 77.6 Å². The molecule has 46 nitrogen and oxygen atoms in total. The average Bonchev–Trinajstić information content (AvgIpc) is 1.62. The number of benzene rings is 3. The summed E-state index contributed by atoms with van der Waals surface area (Å²) in [4.78, 5) is 202. The first-order chi connectivity index (χ1) is 66.7. The molecule has 0 fully saturated rings. The number of allylic oxidation sites excluding steroid dienone is 2. The van der Waals surface area contributed by atoms with Gasteiger partial charge in [-0.2, -0.15) is 10.2 Å². The van der Waals surface area contributed by atoms with E-state index in [-0.39, 0.29) is 145 Å². The molecule has 0 saturated carbocycles. The Balaban J connectivity index is 0.891. The molecule has 8 rings (SSSR count). The molecule has 5 heterocycles. The molecule has 782 valence electrons. The van der Waals surface area contributed by atoms with Gasteiger partial charge in [0, 0.05) is 86.9 Å². The fourth-order valence-corrected chi connectivity index (χ4v) is 18.4. The molecular weight excluding hydrogens is 1920 g/mol. The molecule has 5 atom stereocenters. The Labute approximate surface area is 836 Å². The number of sulfonamides is 1. The van der Waals surface area contributed by atoms with E-state index in [0.29, 0.717) is 69.9 Å². The van der Waals surface area contributed by atoms with Crippen molar-refractivity contribution < 1.29 is 113 Å². The van der Waals surface area contributed by atoms with Crippen molar-refractivity contribution >= 4 is 155 Å². The van der Waals surface area contributed by atoms with Crippen molar-refractivity contribution in [2.75, 3.05) is 62.1 Å². The first kappa shape index (κ1) is 115. The minimum absolute atomic E-state index is 0.00620. The van der Waals surface area contributed by atoms with Crippen LogP contribution in [0.3, 0.4) is 0 Å². The molecule has 4 aromatic heterocycles. The number of fused-ring (bicyclic) bond motifs is 3. The monoisotopic (exact) mass is 2050 g/mol. The third-order valence-electron chi connectivity index (χ3n) is 21.1. The second-order valence-corrected chi connectivity index (χ2v) is 42.6. The van der Waals surface area contributed by atoms with Gasteiger partial charge in [-0.3, -0.25) is 82.9 Å². The Morgan fingerprint density at radius 3 is 1.52 bits per heavy atom. The zero-order valence-electron chi connectivity index (χ0n) is 84.8. The first-order valence-corrected chi connectivity index (χ1v) is 50.3. The van der Waals surface area contributed by atoms with E-state index in [4.69, 9.17) is 70.5 Å². The lowest BCUT2D eigenvalue weighted by atomic mass is 9.94. The predicted molar refractivity (Wildman–Crippen MR) is 533 cm³/mol. The number of alkyl carbamates (subject to hydrolysis) is 1. The van der Waals surface area contributed by atoms with Crippen LogP contribution in [0.1, 0.15) is 231 Å². The molecule has 1 aliphatic heterocycles. The van der Waals surface area contributed by atoms with Crippen LogP contribution in [-0.4, -0.2) is 246 Å². The van der Waals surface area contributed by atoms with Crippen LogP contribution in [0, 0.1) is 40.0 Å². The second kappa shape index (κ2) is 49.4. The van der Waals surface area contributed by atoms with E-state index in [0.717, 1.165) is 21.6 Å². The first-order valence-electron chi connectivity index (χ1n) is 46.3. The van der Waals surface area contributed by atoms with Crippen LogP contribution in [0.4, 0.5) is 16.7 Å². The number of imidazole rings is 2. The van der Waals surface area contributed by atoms with Gasteiger partial charge in [-0.25, -0.2) is 32.7 Å². The van der Waals surface area contributed by atoms with E-state index in [1.54, 1.807) is 114 Å². The molecule has 0 spiro atoms. The maximum absolute atomic E-state index is 14.9.